The summed E-state index contributed by atoms with van der Waals surface area (Å²) in [5.41, 5.74) is 8.03. The molecule has 0 fully saturated rings. The van der Waals surface area contributed by atoms with Crippen molar-refractivity contribution in [3.8, 4) is 5.75 Å². The Morgan fingerprint density at radius 3 is 2.56 bits per heavy atom. The first-order chi connectivity index (χ1) is 13.0. The Kier molecular flexibility index (Phi) is 3.24. The van der Waals surface area contributed by atoms with Crippen molar-refractivity contribution >= 4 is 32.6 Å². The molecular formula is C21H19N3O3. The van der Waals surface area contributed by atoms with Crippen molar-refractivity contribution in [1.82, 2.24) is 9.13 Å². The topological polar surface area (TPSA) is 79.2 Å². The van der Waals surface area contributed by atoms with E-state index in [1.54, 1.807) is 22.2 Å². The van der Waals surface area contributed by atoms with Gasteiger partial charge in [0.25, 0.3) is 11.1 Å². The lowest BCUT2D eigenvalue weighted by atomic mass is 9.99. The molecule has 2 aromatic heterocycles. The lowest BCUT2D eigenvalue weighted by molar-refractivity contribution is 0.239. The van der Waals surface area contributed by atoms with Crippen molar-refractivity contribution in [2.75, 3.05) is 13.2 Å². The van der Waals surface area contributed by atoms with Gasteiger partial charge in [0.05, 0.1) is 17.1 Å². The number of fused-ring (bicyclic) bond motifs is 4. The van der Waals surface area contributed by atoms with Crippen LogP contribution < -0.4 is 21.6 Å². The van der Waals surface area contributed by atoms with Gasteiger partial charge in [0, 0.05) is 35.8 Å². The Labute approximate surface area is 154 Å². The Morgan fingerprint density at radius 2 is 1.81 bits per heavy atom. The maximum absolute atomic E-state index is 12.9. The van der Waals surface area contributed by atoms with Crippen molar-refractivity contribution in [2.45, 2.75) is 13.0 Å². The summed E-state index contributed by atoms with van der Waals surface area (Å²) in [5, 5.41) is 3.44. The summed E-state index contributed by atoms with van der Waals surface area (Å²) >= 11 is 0. The second kappa shape index (κ2) is 5.44. The minimum Gasteiger partial charge on any atom is -0.487 e. The summed E-state index contributed by atoms with van der Waals surface area (Å²) in [6.07, 6.45) is 0. The van der Waals surface area contributed by atoms with Crippen LogP contribution in [0.2, 0.25) is 0 Å². The van der Waals surface area contributed by atoms with Crippen LogP contribution in [-0.2, 0) is 7.05 Å². The molecular weight excluding hydrogens is 342 g/mol. The average Bonchev–Trinajstić information content (AvgIpc) is 2.68. The molecule has 0 amide bonds. The number of hydrogen-bond acceptors (Lipinski definition) is 4. The van der Waals surface area contributed by atoms with Crippen LogP contribution in [0.4, 0.5) is 0 Å². The van der Waals surface area contributed by atoms with Crippen LogP contribution in [0, 0.1) is 6.92 Å². The van der Waals surface area contributed by atoms with Gasteiger partial charge >= 0.3 is 0 Å². The Morgan fingerprint density at radius 1 is 1.07 bits per heavy atom. The van der Waals surface area contributed by atoms with Crippen LogP contribution in [0.15, 0.2) is 46.0 Å². The zero-order chi connectivity index (χ0) is 18.9. The van der Waals surface area contributed by atoms with Crippen LogP contribution in [0.1, 0.15) is 11.6 Å². The van der Waals surface area contributed by atoms with Crippen LogP contribution >= 0.6 is 0 Å². The zero-order valence-corrected chi connectivity index (χ0v) is 15.2. The van der Waals surface area contributed by atoms with Crippen molar-refractivity contribution in [2.24, 2.45) is 12.8 Å². The average molecular weight is 361 g/mol. The molecule has 5 rings (SSSR count). The summed E-state index contributed by atoms with van der Waals surface area (Å²) in [5.74, 6) is 0.582. The number of pyridine rings is 2. The van der Waals surface area contributed by atoms with E-state index in [0.717, 1.165) is 27.2 Å². The smallest absolute Gasteiger partial charge is 0.258 e. The molecule has 0 bridgehead atoms. The van der Waals surface area contributed by atoms with Gasteiger partial charge in [-0.15, -0.1) is 0 Å². The van der Waals surface area contributed by atoms with Crippen LogP contribution in [0.5, 0.6) is 5.75 Å². The first-order valence-corrected chi connectivity index (χ1v) is 8.96. The van der Waals surface area contributed by atoms with Crippen molar-refractivity contribution < 1.29 is 4.74 Å². The van der Waals surface area contributed by atoms with E-state index >= 15 is 0 Å². The van der Waals surface area contributed by atoms with Crippen molar-refractivity contribution in [3.05, 3.63) is 62.7 Å². The van der Waals surface area contributed by atoms with E-state index in [9.17, 15) is 9.59 Å². The molecule has 136 valence electrons. The molecule has 0 radical (unpaired) electrons. The number of ether oxygens (including phenoxy) is 1. The highest BCUT2D eigenvalue weighted by Gasteiger charge is 2.27. The molecule has 0 saturated heterocycles. The molecule has 1 aliphatic rings. The number of nitrogens with two attached hydrogens (primary N) is 1. The minimum atomic E-state index is -0.219. The third-order valence-electron chi connectivity index (χ3n) is 5.62. The van der Waals surface area contributed by atoms with E-state index in [1.807, 2.05) is 31.2 Å². The lowest BCUT2D eigenvalue weighted by Crippen LogP contribution is -2.36. The number of aryl methyl sites for hydroxylation is 2. The molecule has 0 saturated carbocycles. The second-order valence-electron chi connectivity index (χ2n) is 7.14. The fourth-order valence-corrected chi connectivity index (χ4v) is 4.27. The van der Waals surface area contributed by atoms with E-state index < -0.39 is 0 Å². The molecule has 2 N–H and O–H groups in total. The fourth-order valence-electron chi connectivity index (χ4n) is 4.27. The van der Waals surface area contributed by atoms with E-state index in [-0.39, 0.29) is 17.2 Å². The monoisotopic (exact) mass is 361 g/mol. The first kappa shape index (κ1) is 16.1. The molecule has 0 unspecified atom stereocenters. The number of nitrogens with zero attached hydrogens (tertiary/aromatic N) is 2. The molecule has 2 aromatic carbocycles. The lowest BCUT2D eigenvalue weighted by Gasteiger charge is -2.29. The minimum absolute atomic E-state index is 0.0835. The van der Waals surface area contributed by atoms with Gasteiger partial charge in [0.15, 0.2) is 5.75 Å². The van der Waals surface area contributed by atoms with Gasteiger partial charge in [-0.25, -0.2) is 0 Å². The molecule has 4 aromatic rings. The Bertz CT molecular complexity index is 1380. The number of benzene rings is 2. The summed E-state index contributed by atoms with van der Waals surface area (Å²) in [6.45, 7) is 2.54. The first-order valence-electron chi connectivity index (χ1n) is 8.96. The quantitative estimate of drug-likeness (QED) is 0.416. The summed E-state index contributed by atoms with van der Waals surface area (Å²) < 4.78 is 9.45. The van der Waals surface area contributed by atoms with E-state index in [4.69, 9.17) is 10.5 Å². The second-order valence-corrected chi connectivity index (χ2v) is 7.14. The van der Waals surface area contributed by atoms with Gasteiger partial charge < -0.3 is 15.0 Å². The van der Waals surface area contributed by atoms with E-state index in [2.05, 4.69) is 6.07 Å². The molecule has 6 nitrogen and oxygen atoms in total. The van der Waals surface area contributed by atoms with E-state index in [1.165, 1.54) is 0 Å². The van der Waals surface area contributed by atoms with Gasteiger partial charge in [-0.2, -0.15) is 0 Å². The largest absolute Gasteiger partial charge is 0.487 e. The highest BCUT2D eigenvalue weighted by Crippen LogP contribution is 2.40. The SMILES string of the molecule is Cc1cc(=O)n2c3c(c4c(cc13)c1ccccc1c(=O)n4C)OC[C@@H]2CN. The number of aromatic nitrogens is 2. The zero-order valence-electron chi connectivity index (χ0n) is 15.2. The normalized spacial score (nSPS) is 16.2. The highest BCUT2D eigenvalue weighted by molar-refractivity contribution is 6.14. The predicted octanol–water partition coefficient (Wildman–Crippen LogP) is 2.21. The third-order valence-corrected chi connectivity index (χ3v) is 5.62. The Balaban J connectivity index is 2.14. The molecule has 27 heavy (non-hydrogen) atoms. The molecule has 0 aliphatic carbocycles. The predicted molar refractivity (Wildman–Crippen MR) is 107 cm³/mol. The number of rotatable bonds is 1. The molecule has 1 aliphatic heterocycles. The summed E-state index contributed by atoms with van der Waals surface area (Å²) in [4.78, 5) is 25.6. The van der Waals surface area contributed by atoms with E-state index in [0.29, 0.717) is 29.8 Å². The van der Waals surface area contributed by atoms with Crippen LogP contribution in [0.3, 0.4) is 0 Å². The molecule has 0 spiro atoms. The standard InChI is InChI=1S/C21H19N3O3/c1-11-7-17(25)24-12(9-22)10-27-20-18-16(8-15(11)19(20)24)13-5-3-4-6-14(13)21(26)23(18)2/h3-8,12H,9-10,22H2,1-2H3/t12-/m0/s1. The maximum atomic E-state index is 12.9. The molecule has 6 heteroatoms. The highest BCUT2D eigenvalue weighted by atomic mass is 16.5. The van der Waals surface area contributed by atoms with Gasteiger partial charge in [0.1, 0.15) is 6.61 Å². The van der Waals surface area contributed by atoms with Crippen LogP contribution in [0.25, 0.3) is 32.6 Å². The van der Waals surface area contributed by atoms with Gasteiger partial charge in [-0.05, 0) is 30.0 Å². The maximum Gasteiger partial charge on any atom is 0.258 e. The molecule has 3 heterocycles. The summed E-state index contributed by atoms with van der Waals surface area (Å²) in [7, 11) is 1.75. The van der Waals surface area contributed by atoms with Crippen molar-refractivity contribution in [1.29, 1.82) is 0 Å². The third kappa shape index (κ3) is 1.99. The van der Waals surface area contributed by atoms with Gasteiger partial charge in [-0.3, -0.25) is 14.2 Å². The summed E-state index contributed by atoms with van der Waals surface area (Å²) in [6, 6.07) is 11.1. The van der Waals surface area contributed by atoms with Crippen molar-refractivity contribution in [3.63, 3.8) is 0 Å². The molecule has 1 atom stereocenters. The van der Waals surface area contributed by atoms with Gasteiger partial charge in [-0.1, -0.05) is 18.2 Å². The van der Waals surface area contributed by atoms with Crippen LogP contribution in [-0.4, -0.2) is 22.3 Å². The number of hydrogen-bond donors (Lipinski definition) is 1. The van der Waals surface area contributed by atoms with Gasteiger partial charge in [0.2, 0.25) is 0 Å². The fraction of sp³-hybridized carbons (Fsp3) is 0.238. The Hall–Kier alpha value is -3.12.